The first kappa shape index (κ1) is 15.2. The minimum absolute atomic E-state index is 0.0932. The fourth-order valence-corrected chi connectivity index (χ4v) is 2.14. The summed E-state index contributed by atoms with van der Waals surface area (Å²) in [4.78, 5) is 0. The summed E-state index contributed by atoms with van der Waals surface area (Å²) in [6.45, 7) is 1.22. The van der Waals surface area contributed by atoms with E-state index in [2.05, 4.69) is 11.8 Å². The third-order valence-electron chi connectivity index (χ3n) is 3.08. The Hall–Kier alpha value is -1.24. The highest BCUT2D eigenvalue weighted by molar-refractivity contribution is 6.18. The summed E-state index contributed by atoms with van der Waals surface area (Å²) >= 11 is 5.59. The van der Waals surface area contributed by atoms with Crippen molar-refractivity contribution in [1.82, 2.24) is 0 Å². The minimum Gasteiger partial charge on any atom is -0.489 e. The molecule has 2 rings (SSSR count). The first-order valence-corrected chi connectivity index (χ1v) is 7.42. The van der Waals surface area contributed by atoms with Crippen LogP contribution in [0.4, 0.5) is 4.39 Å². The van der Waals surface area contributed by atoms with Crippen molar-refractivity contribution in [1.29, 1.82) is 0 Å². The van der Waals surface area contributed by atoms with E-state index in [0.717, 1.165) is 25.9 Å². The Balaban J connectivity index is 2.01. The predicted molar refractivity (Wildman–Crippen MR) is 77.7 cm³/mol. The van der Waals surface area contributed by atoms with Gasteiger partial charge in [0.15, 0.2) is 0 Å². The molecular formula is C16H18ClFO2. The lowest BCUT2D eigenvalue weighted by atomic mass is 10.1. The highest BCUT2D eigenvalue weighted by atomic mass is 35.5. The van der Waals surface area contributed by atoms with E-state index in [-0.39, 0.29) is 11.9 Å². The molecule has 1 aliphatic rings. The van der Waals surface area contributed by atoms with Crippen molar-refractivity contribution >= 4 is 11.6 Å². The molecule has 2 nitrogen and oxygen atoms in total. The van der Waals surface area contributed by atoms with Crippen LogP contribution in [0.3, 0.4) is 0 Å². The van der Waals surface area contributed by atoms with Crippen LogP contribution in [0.15, 0.2) is 18.2 Å². The average Bonchev–Trinajstić information content (AvgIpc) is 2.48. The molecule has 0 aliphatic carbocycles. The first-order valence-electron chi connectivity index (χ1n) is 6.88. The highest BCUT2D eigenvalue weighted by Gasteiger charge is 2.15. The van der Waals surface area contributed by atoms with E-state index in [9.17, 15) is 4.39 Å². The summed E-state index contributed by atoms with van der Waals surface area (Å²) in [7, 11) is 0. The van der Waals surface area contributed by atoms with Gasteiger partial charge < -0.3 is 9.47 Å². The van der Waals surface area contributed by atoms with Gasteiger partial charge in [-0.2, -0.15) is 0 Å². The lowest BCUT2D eigenvalue weighted by Crippen LogP contribution is -2.26. The molecule has 1 fully saturated rings. The van der Waals surface area contributed by atoms with Crippen LogP contribution in [0.2, 0.25) is 0 Å². The van der Waals surface area contributed by atoms with Crippen LogP contribution < -0.4 is 4.74 Å². The zero-order valence-corrected chi connectivity index (χ0v) is 12.1. The van der Waals surface area contributed by atoms with Crippen molar-refractivity contribution < 1.29 is 13.9 Å². The van der Waals surface area contributed by atoms with Gasteiger partial charge in [-0.15, -0.1) is 11.6 Å². The molecule has 0 radical (unpaired) electrons. The van der Waals surface area contributed by atoms with Crippen molar-refractivity contribution in [2.24, 2.45) is 0 Å². The molecule has 1 aromatic rings. The quantitative estimate of drug-likeness (QED) is 0.622. The van der Waals surface area contributed by atoms with Gasteiger partial charge in [0.05, 0.1) is 11.7 Å². The van der Waals surface area contributed by atoms with Crippen LogP contribution in [0.5, 0.6) is 5.75 Å². The monoisotopic (exact) mass is 296 g/mol. The van der Waals surface area contributed by atoms with E-state index in [0.29, 0.717) is 30.2 Å². The second kappa shape index (κ2) is 8.14. The maximum absolute atomic E-state index is 13.3. The van der Waals surface area contributed by atoms with Crippen LogP contribution in [-0.4, -0.2) is 25.2 Å². The van der Waals surface area contributed by atoms with E-state index in [1.807, 2.05) is 0 Å². The number of benzene rings is 1. The van der Waals surface area contributed by atoms with Gasteiger partial charge in [-0.1, -0.05) is 11.8 Å². The first-order chi connectivity index (χ1) is 9.79. The smallest absolute Gasteiger partial charge is 0.137 e. The topological polar surface area (TPSA) is 18.5 Å². The van der Waals surface area contributed by atoms with Gasteiger partial charge in [-0.3, -0.25) is 0 Å². The Morgan fingerprint density at radius 3 is 3.05 bits per heavy atom. The number of rotatable bonds is 4. The molecule has 1 aliphatic heterocycles. The summed E-state index contributed by atoms with van der Waals surface area (Å²) < 4.78 is 24.6. The van der Waals surface area contributed by atoms with Gasteiger partial charge >= 0.3 is 0 Å². The molecule has 1 atom stereocenters. The second-order valence-corrected chi connectivity index (χ2v) is 5.06. The van der Waals surface area contributed by atoms with Crippen molar-refractivity contribution in [2.75, 3.05) is 19.1 Å². The third-order valence-corrected chi connectivity index (χ3v) is 3.27. The lowest BCUT2D eigenvalue weighted by Gasteiger charge is -2.22. The van der Waals surface area contributed by atoms with Crippen LogP contribution in [-0.2, 0) is 4.74 Å². The number of alkyl halides is 1. The summed E-state index contributed by atoms with van der Waals surface area (Å²) in [5, 5.41) is 0. The van der Waals surface area contributed by atoms with E-state index in [1.165, 1.54) is 12.1 Å². The molecule has 108 valence electrons. The molecule has 1 saturated heterocycles. The molecule has 4 heteroatoms. The Kier molecular flexibility index (Phi) is 6.17. The largest absolute Gasteiger partial charge is 0.489 e. The lowest BCUT2D eigenvalue weighted by molar-refractivity contribution is -0.0111. The van der Waals surface area contributed by atoms with Gasteiger partial charge in [0.25, 0.3) is 0 Å². The maximum atomic E-state index is 13.3. The molecule has 1 unspecified atom stereocenters. The molecule has 20 heavy (non-hydrogen) atoms. The molecule has 0 aromatic heterocycles. The average molecular weight is 297 g/mol. The number of hydrogen-bond acceptors (Lipinski definition) is 2. The van der Waals surface area contributed by atoms with Crippen molar-refractivity contribution in [3.8, 4) is 17.6 Å². The van der Waals surface area contributed by atoms with Gasteiger partial charge in [0, 0.05) is 25.0 Å². The fourth-order valence-electron chi connectivity index (χ4n) is 2.05. The van der Waals surface area contributed by atoms with Crippen LogP contribution in [0, 0.1) is 17.7 Å². The van der Waals surface area contributed by atoms with E-state index in [1.54, 1.807) is 6.07 Å². The Labute approximate surface area is 124 Å². The van der Waals surface area contributed by atoms with Gasteiger partial charge in [0.2, 0.25) is 0 Å². The molecule has 0 amide bonds. The second-order valence-electron chi connectivity index (χ2n) is 4.68. The zero-order chi connectivity index (χ0) is 14.2. The van der Waals surface area contributed by atoms with Crippen LogP contribution in [0.25, 0.3) is 0 Å². The molecule has 0 N–H and O–H groups in total. The molecule has 1 heterocycles. The van der Waals surface area contributed by atoms with E-state index in [4.69, 9.17) is 21.1 Å². The fraction of sp³-hybridized carbons (Fsp3) is 0.500. The van der Waals surface area contributed by atoms with Crippen LogP contribution >= 0.6 is 11.6 Å². The normalized spacial score (nSPS) is 18.2. The standard InChI is InChI=1S/C16H18ClFO2/c17-9-3-1-5-13-7-8-14(18)11-16(13)20-12-15-6-2-4-10-19-15/h7-8,11,15H,2-4,6,9-10,12H2. The van der Waals surface area contributed by atoms with Gasteiger partial charge in [-0.25, -0.2) is 4.39 Å². The van der Waals surface area contributed by atoms with Gasteiger partial charge in [-0.05, 0) is 31.4 Å². The van der Waals surface area contributed by atoms with Crippen LogP contribution in [0.1, 0.15) is 31.2 Å². The zero-order valence-electron chi connectivity index (χ0n) is 11.3. The Bertz CT molecular complexity index is 487. The summed E-state index contributed by atoms with van der Waals surface area (Å²) in [6.07, 6.45) is 3.94. The predicted octanol–water partition coefficient (Wildman–Crippen LogP) is 3.75. The molecule has 0 bridgehead atoms. The summed E-state index contributed by atoms with van der Waals surface area (Å²) in [5.74, 6) is 6.53. The Morgan fingerprint density at radius 2 is 2.30 bits per heavy atom. The van der Waals surface area contributed by atoms with E-state index < -0.39 is 0 Å². The highest BCUT2D eigenvalue weighted by Crippen LogP contribution is 2.21. The van der Waals surface area contributed by atoms with Crippen molar-refractivity contribution in [2.45, 2.75) is 31.8 Å². The van der Waals surface area contributed by atoms with E-state index >= 15 is 0 Å². The number of hydrogen-bond donors (Lipinski definition) is 0. The summed E-state index contributed by atoms with van der Waals surface area (Å²) in [6, 6.07) is 4.38. The molecular weight excluding hydrogens is 279 g/mol. The van der Waals surface area contributed by atoms with Gasteiger partial charge in [0.1, 0.15) is 18.2 Å². The number of halogens is 2. The Morgan fingerprint density at radius 1 is 1.40 bits per heavy atom. The molecule has 0 spiro atoms. The minimum atomic E-state index is -0.326. The third kappa shape index (κ3) is 4.70. The molecule has 0 saturated carbocycles. The number of ether oxygens (including phenoxy) is 2. The van der Waals surface area contributed by atoms with Crippen molar-refractivity contribution in [3.05, 3.63) is 29.6 Å². The SMILES string of the molecule is Fc1ccc(C#CCCCl)c(OCC2CCCCO2)c1. The van der Waals surface area contributed by atoms with Crippen molar-refractivity contribution in [3.63, 3.8) is 0 Å². The summed E-state index contributed by atoms with van der Waals surface area (Å²) in [5.41, 5.74) is 0.687. The molecule has 1 aromatic carbocycles. The maximum Gasteiger partial charge on any atom is 0.137 e.